The molecular formula is C51H33N3O2. The van der Waals surface area contributed by atoms with Crippen molar-refractivity contribution in [3.05, 3.63) is 210 Å². The number of para-hydroxylation sites is 1. The van der Waals surface area contributed by atoms with Crippen LogP contribution in [0.4, 0.5) is 22.7 Å². The number of anilines is 3. The molecule has 9 aromatic carbocycles. The van der Waals surface area contributed by atoms with Crippen molar-refractivity contribution in [2.45, 2.75) is 0 Å². The van der Waals surface area contributed by atoms with Gasteiger partial charge in [0.05, 0.1) is 22.3 Å². The molecule has 1 heterocycles. The van der Waals surface area contributed by atoms with Crippen LogP contribution in [-0.2, 0) is 0 Å². The third kappa shape index (κ3) is 5.70. The summed E-state index contributed by atoms with van der Waals surface area (Å²) in [4.78, 5) is 17.9. The summed E-state index contributed by atoms with van der Waals surface area (Å²) in [5.41, 5.74) is 10.6. The number of benzene rings is 9. The molecule has 0 spiro atoms. The zero-order chi connectivity index (χ0) is 37.6. The second kappa shape index (κ2) is 13.7. The number of nitro benzene ring substituents is 1. The minimum atomic E-state index is -0.377. The molecule has 0 amide bonds. The van der Waals surface area contributed by atoms with Gasteiger partial charge in [-0.3, -0.25) is 15.1 Å². The molecule has 0 saturated carbocycles. The van der Waals surface area contributed by atoms with Crippen molar-refractivity contribution in [1.82, 2.24) is 4.98 Å². The highest BCUT2D eigenvalue weighted by atomic mass is 16.6. The number of pyridine rings is 1. The summed E-state index contributed by atoms with van der Waals surface area (Å²) in [6.07, 6.45) is 1.85. The van der Waals surface area contributed by atoms with E-state index in [2.05, 4.69) is 150 Å². The van der Waals surface area contributed by atoms with Crippen molar-refractivity contribution in [2.75, 3.05) is 4.90 Å². The molecular weight excluding hydrogens is 687 g/mol. The van der Waals surface area contributed by atoms with E-state index >= 15 is 0 Å². The molecule has 0 aliphatic rings. The number of hydrogen-bond acceptors (Lipinski definition) is 4. The molecule has 0 saturated heterocycles. The van der Waals surface area contributed by atoms with Crippen LogP contribution in [0.1, 0.15) is 0 Å². The number of nitrogens with zero attached hydrogens (tertiary/aromatic N) is 3. The Bertz CT molecular complexity index is 3040. The van der Waals surface area contributed by atoms with Gasteiger partial charge in [-0.25, -0.2) is 0 Å². The van der Waals surface area contributed by atoms with E-state index in [-0.39, 0.29) is 10.6 Å². The second-order valence-corrected chi connectivity index (χ2v) is 14.0. The molecule has 264 valence electrons. The summed E-state index contributed by atoms with van der Waals surface area (Å²) < 4.78 is 0. The van der Waals surface area contributed by atoms with Gasteiger partial charge in [-0.2, -0.15) is 0 Å². The molecule has 0 atom stereocenters. The van der Waals surface area contributed by atoms with Crippen LogP contribution in [0.15, 0.2) is 200 Å². The lowest BCUT2D eigenvalue weighted by atomic mass is 9.84. The molecule has 5 nitrogen and oxygen atoms in total. The zero-order valence-electron chi connectivity index (χ0n) is 30.2. The van der Waals surface area contributed by atoms with Gasteiger partial charge in [0, 0.05) is 28.9 Å². The minimum Gasteiger partial charge on any atom is -0.309 e. The van der Waals surface area contributed by atoms with Crippen molar-refractivity contribution < 1.29 is 4.92 Å². The standard InChI is InChI=1S/C51H33N3O2/c55-54(56)41-30-28-40(29-31-41)53(42-32-38-11-2-8-19-49(38)52-33-42)39-26-24-35(25-27-39)34-20-22-37(23-21-34)50-45-14-4-6-16-47(45)51(48-17-7-5-15-46(48)50)44-18-9-12-36-10-1-3-13-43(36)44/h1-33H. The van der Waals surface area contributed by atoms with Crippen molar-refractivity contribution in [1.29, 1.82) is 0 Å². The van der Waals surface area contributed by atoms with E-state index in [0.717, 1.165) is 44.7 Å². The normalized spacial score (nSPS) is 11.4. The molecule has 0 N–H and O–H groups in total. The van der Waals surface area contributed by atoms with Crippen LogP contribution >= 0.6 is 0 Å². The predicted octanol–water partition coefficient (Wildman–Crippen LogP) is 14.1. The number of nitro groups is 1. The Morgan fingerprint density at radius 1 is 0.429 bits per heavy atom. The van der Waals surface area contributed by atoms with Gasteiger partial charge >= 0.3 is 0 Å². The molecule has 10 aromatic rings. The van der Waals surface area contributed by atoms with Crippen molar-refractivity contribution in [3.63, 3.8) is 0 Å². The van der Waals surface area contributed by atoms with E-state index < -0.39 is 0 Å². The van der Waals surface area contributed by atoms with E-state index in [4.69, 9.17) is 4.98 Å². The van der Waals surface area contributed by atoms with Gasteiger partial charge in [0.2, 0.25) is 0 Å². The van der Waals surface area contributed by atoms with Crippen molar-refractivity contribution >= 4 is 66.0 Å². The Morgan fingerprint density at radius 3 is 1.54 bits per heavy atom. The fraction of sp³-hybridized carbons (Fsp3) is 0. The van der Waals surface area contributed by atoms with E-state index in [1.54, 1.807) is 12.1 Å². The Balaban J connectivity index is 1.04. The summed E-state index contributed by atoms with van der Waals surface area (Å²) in [6, 6.07) is 66.8. The number of rotatable bonds is 7. The molecule has 0 fully saturated rings. The van der Waals surface area contributed by atoms with Crippen LogP contribution in [0.2, 0.25) is 0 Å². The van der Waals surface area contributed by atoms with Crippen LogP contribution in [0.5, 0.6) is 0 Å². The number of fused-ring (bicyclic) bond motifs is 4. The monoisotopic (exact) mass is 719 g/mol. The highest BCUT2D eigenvalue weighted by Crippen LogP contribution is 2.45. The lowest BCUT2D eigenvalue weighted by Gasteiger charge is -2.25. The first-order chi connectivity index (χ1) is 27.6. The maximum atomic E-state index is 11.4. The number of aromatic nitrogens is 1. The van der Waals surface area contributed by atoms with Gasteiger partial charge in [0.15, 0.2) is 0 Å². The quantitative estimate of drug-likeness (QED) is 0.0935. The van der Waals surface area contributed by atoms with Crippen LogP contribution in [0.25, 0.3) is 76.6 Å². The maximum absolute atomic E-state index is 11.4. The van der Waals surface area contributed by atoms with Gasteiger partial charge in [0.25, 0.3) is 5.69 Å². The smallest absolute Gasteiger partial charge is 0.269 e. The number of non-ortho nitro benzene ring substituents is 1. The summed E-state index contributed by atoms with van der Waals surface area (Å²) >= 11 is 0. The summed E-state index contributed by atoms with van der Waals surface area (Å²) in [5.74, 6) is 0. The van der Waals surface area contributed by atoms with Crippen molar-refractivity contribution in [2.24, 2.45) is 0 Å². The van der Waals surface area contributed by atoms with E-state index in [9.17, 15) is 10.1 Å². The highest BCUT2D eigenvalue weighted by Gasteiger charge is 2.19. The van der Waals surface area contributed by atoms with Gasteiger partial charge in [-0.15, -0.1) is 0 Å². The molecule has 56 heavy (non-hydrogen) atoms. The highest BCUT2D eigenvalue weighted by molar-refractivity contribution is 6.23. The molecule has 1 aromatic heterocycles. The molecule has 0 unspecified atom stereocenters. The number of hydrogen-bond donors (Lipinski definition) is 0. The Morgan fingerprint density at radius 2 is 0.911 bits per heavy atom. The largest absolute Gasteiger partial charge is 0.309 e. The molecule has 0 radical (unpaired) electrons. The molecule has 0 aliphatic heterocycles. The van der Waals surface area contributed by atoms with Crippen LogP contribution in [-0.4, -0.2) is 9.91 Å². The molecule has 5 heteroatoms. The topological polar surface area (TPSA) is 59.3 Å². The maximum Gasteiger partial charge on any atom is 0.269 e. The SMILES string of the molecule is O=[N+]([O-])c1ccc(N(c2ccc(-c3ccc(-c4c5ccccc5c(-c5cccc6ccccc56)c5ccccc45)cc3)cc2)c2cnc3ccccc3c2)cc1. The van der Waals surface area contributed by atoms with Crippen LogP contribution < -0.4 is 4.90 Å². The third-order valence-electron chi connectivity index (χ3n) is 10.8. The van der Waals surface area contributed by atoms with Crippen LogP contribution in [0.3, 0.4) is 0 Å². The molecule has 0 bridgehead atoms. The third-order valence-corrected chi connectivity index (χ3v) is 10.8. The lowest BCUT2D eigenvalue weighted by Crippen LogP contribution is -2.10. The Kier molecular flexibility index (Phi) is 8.04. The minimum absolute atomic E-state index is 0.0471. The zero-order valence-corrected chi connectivity index (χ0v) is 30.2. The first-order valence-electron chi connectivity index (χ1n) is 18.6. The van der Waals surface area contributed by atoms with Gasteiger partial charge < -0.3 is 4.90 Å². The van der Waals surface area contributed by atoms with Gasteiger partial charge in [-0.1, -0.05) is 146 Å². The Hall–Kier alpha value is -7.63. The van der Waals surface area contributed by atoms with Crippen LogP contribution in [0, 0.1) is 10.1 Å². The first-order valence-corrected chi connectivity index (χ1v) is 18.6. The molecule has 0 aliphatic carbocycles. The Labute approximate surface area is 323 Å². The average molecular weight is 720 g/mol. The van der Waals surface area contributed by atoms with Crippen molar-refractivity contribution in [3.8, 4) is 33.4 Å². The van der Waals surface area contributed by atoms with E-state index in [0.29, 0.717) is 0 Å². The first kappa shape index (κ1) is 33.0. The predicted molar refractivity (Wildman–Crippen MR) is 232 cm³/mol. The molecule has 10 rings (SSSR count). The summed E-state index contributed by atoms with van der Waals surface area (Å²) in [5, 5.41) is 19.8. The average Bonchev–Trinajstić information content (AvgIpc) is 3.26. The fourth-order valence-electron chi connectivity index (χ4n) is 8.16. The summed E-state index contributed by atoms with van der Waals surface area (Å²) in [7, 11) is 0. The lowest BCUT2D eigenvalue weighted by molar-refractivity contribution is -0.384. The van der Waals surface area contributed by atoms with Gasteiger partial charge in [-0.05, 0) is 102 Å². The van der Waals surface area contributed by atoms with E-state index in [1.165, 1.54) is 61.1 Å². The summed E-state index contributed by atoms with van der Waals surface area (Å²) in [6.45, 7) is 0. The van der Waals surface area contributed by atoms with E-state index in [1.807, 2.05) is 30.5 Å². The fourth-order valence-corrected chi connectivity index (χ4v) is 8.16. The van der Waals surface area contributed by atoms with Gasteiger partial charge in [0.1, 0.15) is 0 Å². The second-order valence-electron chi connectivity index (χ2n) is 14.0.